The second kappa shape index (κ2) is 6.30. The zero-order valence-corrected chi connectivity index (χ0v) is 14.1. The molecule has 4 nitrogen and oxygen atoms in total. The highest BCUT2D eigenvalue weighted by Gasteiger charge is 2.39. The summed E-state index contributed by atoms with van der Waals surface area (Å²) in [4.78, 5) is 30.9. The first-order valence-electron chi connectivity index (χ1n) is 8.09. The van der Waals surface area contributed by atoms with E-state index in [0.717, 1.165) is 16.6 Å². The number of imide groups is 1. The fourth-order valence-electron chi connectivity index (χ4n) is 3.24. The lowest BCUT2D eigenvalue weighted by Gasteiger charge is -2.15. The highest BCUT2D eigenvalue weighted by molar-refractivity contribution is 6.35. The molecule has 4 rings (SSSR count). The molecule has 0 saturated carbocycles. The summed E-state index contributed by atoms with van der Waals surface area (Å²) in [5.41, 5.74) is 2.14. The number of rotatable bonds is 3. The number of anilines is 1. The van der Waals surface area contributed by atoms with Crippen LogP contribution in [0.25, 0.3) is 10.9 Å². The maximum atomic E-state index is 12.7. The fraction of sp³-hybridized carbons (Fsp3) is 0.150. The van der Waals surface area contributed by atoms with Crippen molar-refractivity contribution in [2.45, 2.75) is 12.8 Å². The van der Waals surface area contributed by atoms with E-state index in [9.17, 15) is 9.59 Å². The molecule has 1 fully saturated rings. The predicted octanol–water partition coefficient (Wildman–Crippen LogP) is 4.01. The van der Waals surface area contributed by atoms with Crippen molar-refractivity contribution in [2.75, 3.05) is 4.90 Å². The van der Waals surface area contributed by atoms with Crippen molar-refractivity contribution in [1.29, 1.82) is 0 Å². The number of hydrogen-bond acceptors (Lipinski definition) is 3. The third-order valence-corrected chi connectivity index (χ3v) is 4.74. The van der Waals surface area contributed by atoms with E-state index >= 15 is 0 Å². The number of halogens is 1. The molecule has 1 aromatic heterocycles. The van der Waals surface area contributed by atoms with Gasteiger partial charge in [0.2, 0.25) is 11.8 Å². The topological polar surface area (TPSA) is 50.3 Å². The third kappa shape index (κ3) is 2.89. The number of fused-ring (bicyclic) bond motifs is 1. The fourth-order valence-corrected chi connectivity index (χ4v) is 3.53. The Balaban J connectivity index is 1.62. The first-order chi connectivity index (χ1) is 12.1. The van der Waals surface area contributed by atoms with E-state index in [1.165, 1.54) is 4.90 Å². The monoisotopic (exact) mass is 350 g/mol. The van der Waals surface area contributed by atoms with Crippen molar-refractivity contribution < 1.29 is 9.59 Å². The zero-order chi connectivity index (χ0) is 17.4. The summed E-state index contributed by atoms with van der Waals surface area (Å²) in [6.07, 6.45) is 0.596. The largest absolute Gasteiger partial charge is 0.274 e. The van der Waals surface area contributed by atoms with E-state index in [2.05, 4.69) is 4.98 Å². The molecule has 3 aromatic rings. The van der Waals surface area contributed by atoms with Crippen LogP contribution < -0.4 is 4.90 Å². The van der Waals surface area contributed by atoms with E-state index in [1.54, 1.807) is 18.2 Å². The average Bonchev–Trinajstić information content (AvgIpc) is 2.89. The van der Waals surface area contributed by atoms with E-state index in [1.807, 2.05) is 42.5 Å². The second-order valence-corrected chi connectivity index (χ2v) is 6.53. The Kier molecular flexibility index (Phi) is 3.98. The van der Waals surface area contributed by atoms with Crippen LogP contribution in [0, 0.1) is 5.92 Å². The van der Waals surface area contributed by atoms with Gasteiger partial charge in [0.1, 0.15) is 0 Å². The summed E-state index contributed by atoms with van der Waals surface area (Å²) < 4.78 is 0. The van der Waals surface area contributed by atoms with Gasteiger partial charge < -0.3 is 0 Å². The van der Waals surface area contributed by atoms with Crippen LogP contribution in [-0.2, 0) is 16.0 Å². The van der Waals surface area contributed by atoms with E-state index in [4.69, 9.17) is 11.6 Å². The average molecular weight is 351 g/mol. The molecule has 0 spiro atoms. The normalized spacial score (nSPS) is 17.5. The molecule has 1 unspecified atom stereocenters. The number of amides is 2. The summed E-state index contributed by atoms with van der Waals surface area (Å²) in [6.45, 7) is 0. The minimum absolute atomic E-state index is 0.173. The molecule has 2 amide bonds. The minimum Gasteiger partial charge on any atom is -0.274 e. The van der Waals surface area contributed by atoms with Crippen molar-refractivity contribution >= 4 is 40.0 Å². The van der Waals surface area contributed by atoms with Crippen LogP contribution in [0.4, 0.5) is 5.69 Å². The van der Waals surface area contributed by atoms with E-state index < -0.39 is 5.92 Å². The molecule has 0 aliphatic carbocycles. The van der Waals surface area contributed by atoms with Gasteiger partial charge in [-0.25, -0.2) is 0 Å². The lowest BCUT2D eigenvalue weighted by molar-refractivity contribution is -0.122. The highest BCUT2D eigenvalue weighted by Crippen LogP contribution is 2.30. The van der Waals surface area contributed by atoms with Gasteiger partial charge in [-0.3, -0.25) is 19.5 Å². The molecular weight excluding hydrogens is 336 g/mol. The van der Waals surface area contributed by atoms with Crippen molar-refractivity contribution in [3.8, 4) is 0 Å². The Morgan fingerprint density at radius 3 is 2.56 bits per heavy atom. The molecule has 25 heavy (non-hydrogen) atoms. The molecule has 1 aliphatic heterocycles. The molecule has 1 aliphatic rings. The molecular formula is C20H15ClN2O2. The van der Waals surface area contributed by atoms with Crippen LogP contribution in [0.3, 0.4) is 0 Å². The molecule has 124 valence electrons. The van der Waals surface area contributed by atoms with Crippen molar-refractivity contribution in [3.63, 3.8) is 0 Å². The second-order valence-electron chi connectivity index (χ2n) is 6.12. The van der Waals surface area contributed by atoms with Gasteiger partial charge in [-0.05, 0) is 24.3 Å². The minimum atomic E-state index is -0.405. The van der Waals surface area contributed by atoms with Crippen LogP contribution >= 0.6 is 11.6 Å². The Hall–Kier alpha value is -2.72. The number of hydrogen-bond donors (Lipinski definition) is 0. The van der Waals surface area contributed by atoms with Gasteiger partial charge in [0.25, 0.3) is 0 Å². The summed E-state index contributed by atoms with van der Waals surface area (Å²) in [6, 6.07) is 18.4. The maximum Gasteiger partial charge on any atom is 0.237 e. The third-order valence-electron chi connectivity index (χ3n) is 4.43. The standard InChI is InChI=1S/C20H15ClN2O2/c21-17-12-14(22-18-9-5-4-8-16(17)18)10-13-11-19(24)23(20(13)25)15-6-2-1-3-7-15/h1-9,12-13H,10-11H2. The van der Waals surface area contributed by atoms with Gasteiger partial charge in [0.05, 0.1) is 22.1 Å². The number of para-hydroxylation sites is 2. The molecule has 0 radical (unpaired) electrons. The summed E-state index contributed by atoms with van der Waals surface area (Å²) in [5, 5.41) is 1.49. The summed E-state index contributed by atoms with van der Waals surface area (Å²) in [7, 11) is 0. The van der Waals surface area contributed by atoms with Crippen LogP contribution in [0.15, 0.2) is 60.7 Å². The number of carbonyl (C=O) groups excluding carboxylic acids is 2. The Morgan fingerprint density at radius 1 is 1.04 bits per heavy atom. The molecule has 2 heterocycles. The smallest absolute Gasteiger partial charge is 0.237 e. The van der Waals surface area contributed by atoms with E-state index in [-0.39, 0.29) is 18.2 Å². The van der Waals surface area contributed by atoms with Crippen LogP contribution in [0.2, 0.25) is 5.02 Å². The predicted molar refractivity (Wildman–Crippen MR) is 97.5 cm³/mol. The van der Waals surface area contributed by atoms with Gasteiger partial charge in [0.15, 0.2) is 0 Å². The van der Waals surface area contributed by atoms with Crippen LogP contribution in [0.1, 0.15) is 12.1 Å². The number of nitrogens with zero attached hydrogens (tertiary/aromatic N) is 2. The number of pyridine rings is 1. The van der Waals surface area contributed by atoms with Gasteiger partial charge in [-0.15, -0.1) is 0 Å². The van der Waals surface area contributed by atoms with Crippen LogP contribution in [-0.4, -0.2) is 16.8 Å². The van der Waals surface area contributed by atoms with Crippen molar-refractivity contribution in [1.82, 2.24) is 4.98 Å². The summed E-state index contributed by atoms with van der Waals surface area (Å²) >= 11 is 6.33. The Morgan fingerprint density at radius 2 is 1.76 bits per heavy atom. The number of aromatic nitrogens is 1. The molecule has 0 N–H and O–H groups in total. The van der Waals surface area contributed by atoms with Gasteiger partial charge in [-0.2, -0.15) is 0 Å². The summed E-state index contributed by atoms with van der Waals surface area (Å²) in [5.74, 6) is -0.757. The lowest BCUT2D eigenvalue weighted by atomic mass is 10.0. The first kappa shape index (κ1) is 15.8. The molecule has 1 saturated heterocycles. The maximum absolute atomic E-state index is 12.7. The SMILES string of the molecule is O=C1CC(Cc2cc(Cl)c3ccccc3n2)C(=O)N1c1ccccc1. The Bertz CT molecular complexity index is 972. The van der Waals surface area contributed by atoms with Gasteiger partial charge in [-0.1, -0.05) is 48.0 Å². The first-order valence-corrected chi connectivity index (χ1v) is 8.47. The zero-order valence-electron chi connectivity index (χ0n) is 13.4. The number of benzene rings is 2. The van der Waals surface area contributed by atoms with Gasteiger partial charge >= 0.3 is 0 Å². The highest BCUT2D eigenvalue weighted by atomic mass is 35.5. The Labute approximate surface area is 150 Å². The lowest BCUT2D eigenvalue weighted by Crippen LogP contribution is -2.30. The number of carbonyl (C=O) groups is 2. The van der Waals surface area contributed by atoms with E-state index in [0.29, 0.717) is 17.1 Å². The quantitative estimate of drug-likeness (QED) is 0.670. The van der Waals surface area contributed by atoms with Gasteiger partial charge in [0, 0.05) is 23.9 Å². The molecule has 2 aromatic carbocycles. The van der Waals surface area contributed by atoms with Crippen molar-refractivity contribution in [2.24, 2.45) is 5.92 Å². The van der Waals surface area contributed by atoms with Crippen molar-refractivity contribution in [3.05, 3.63) is 71.4 Å². The molecule has 1 atom stereocenters. The van der Waals surface area contributed by atoms with Crippen LogP contribution in [0.5, 0.6) is 0 Å². The molecule has 5 heteroatoms. The molecule has 0 bridgehead atoms.